The number of nitrogens with two attached hydrogens (primary N) is 1. The molecule has 588 valence electrons. The van der Waals surface area contributed by atoms with Gasteiger partial charge in [0.05, 0.1) is 77.8 Å². The number of aliphatic carboxylic acids is 5. The Morgan fingerprint density at radius 2 is 0.643 bits per heavy atom. The van der Waals surface area contributed by atoms with E-state index in [1.807, 2.05) is 13.8 Å². The van der Waals surface area contributed by atoms with Crippen molar-refractivity contribution in [1.29, 1.82) is 0 Å². The zero-order valence-corrected chi connectivity index (χ0v) is 55.7. The van der Waals surface area contributed by atoms with Crippen molar-refractivity contribution in [2.45, 2.75) is 248 Å². The first-order valence-electron chi connectivity index (χ1n) is 31.9. The van der Waals surface area contributed by atoms with Gasteiger partial charge in [-0.05, 0) is 46.0 Å². The number of quaternary nitrogens is 5. The highest BCUT2D eigenvalue weighted by Crippen LogP contribution is 2.19. The smallest absolute Gasteiger partial charge is 0.490 e. The number of carbonyl (C=O) groups excluding carboxylic acids is 6. The Balaban J connectivity index is -0.000000483. The fourth-order valence-electron chi connectivity index (χ4n) is 8.66. The molecule has 0 heterocycles. The van der Waals surface area contributed by atoms with E-state index in [-0.39, 0.29) is 45.1 Å². The molecular weight excluding hydrogens is 1380 g/mol. The van der Waals surface area contributed by atoms with E-state index in [1.165, 1.54) is 116 Å². The number of hydrogen-bond donors (Lipinski definition) is 10. The second kappa shape index (κ2) is 57.7. The third kappa shape index (κ3) is 68.3. The highest BCUT2D eigenvalue weighted by Gasteiger charge is 2.41. The number of alkyl halides is 18. The summed E-state index contributed by atoms with van der Waals surface area (Å²) in [5.41, 5.74) is 7.11. The molecule has 0 aromatic carbocycles. The summed E-state index contributed by atoms with van der Waals surface area (Å²) in [6.45, 7) is 13.1. The average molecular weight is 1480 g/mol. The minimum atomic E-state index is -5.19. The summed E-state index contributed by atoms with van der Waals surface area (Å²) in [6.07, 6.45) is 0.0929. The lowest BCUT2D eigenvalue weighted by molar-refractivity contribution is -0.928. The Hall–Kier alpha value is -4.84. The van der Waals surface area contributed by atoms with E-state index in [0.29, 0.717) is 13.0 Å². The second-order valence-corrected chi connectivity index (χ2v) is 23.5. The first-order valence-corrected chi connectivity index (χ1v) is 31.9. The van der Waals surface area contributed by atoms with Gasteiger partial charge in [-0.25, -0.2) is 4.79 Å². The van der Waals surface area contributed by atoms with Crippen molar-refractivity contribution in [3.63, 3.8) is 0 Å². The number of hydrogen-bond acceptors (Lipinski definition) is 17. The molecule has 0 spiro atoms. The molecular formula is C58H104F18N6O16. The van der Waals surface area contributed by atoms with E-state index in [1.54, 1.807) is 9.80 Å². The Morgan fingerprint density at radius 3 is 0.867 bits per heavy atom. The highest BCUT2D eigenvalue weighted by molar-refractivity contribution is 5.75. The number of carboxylic acids is 5. The van der Waals surface area contributed by atoms with Gasteiger partial charge in [0.25, 0.3) is 0 Å². The molecule has 0 fully saturated rings. The van der Waals surface area contributed by atoms with Gasteiger partial charge in [0.2, 0.25) is 0 Å². The molecule has 4 unspecified atom stereocenters. The third-order valence-corrected chi connectivity index (χ3v) is 14.2. The normalized spacial score (nSPS) is 13.4. The van der Waals surface area contributed by atoms with Gasteiger partial charge in [-0.2, -0.15) is 79.0 Å². The average Bonchev–Trinajstić information content (AvgIpc) is 0.902. The molecule has 22 nitrogen and oxygen atoms in total. The van der Waals surface area contributed by atoms with Crippen LogP contribution in [0.5, 0.6) is 0 Å². The number of carboxylic acid groups (broad SMARTS) is 5. The summed E-state index contributed by atoms with van der Waals surface area (Å²) >= 11 is 0. The van der Waals surface area contributed by atoms with E-state index in [9.17, 15) is 104 Å². The summed E-state index contributed by atoms with van der Waals surface area (Å²) in [7, 11) is 0. The van der Waals surface area contributed by atoms with Crippen LogP contribution < -0.4 is 57.4 Å². The Morgan fingerprint density at radius 1 is 0.398 bits per heavy atom. The number of unbranched alkanes of at least 4 members (excludes halogenated alkanes) is 23. The van der Waals surface area contributed by atoms with Crippen molar-refractivity contribution in [3.8, 4) is 0 Å². The molecule has 40 heteroatoms. The van der Waals surface area contributed by atoms with E-state index in [0.717, 1.165) is 90.8 Å². The summed E-state index contributed by atoms with van der Waals surface area (Å²) in [6, 6.07) is 0.320. The molecule has 15 N–H and O–H groups in total. The predicted octanol–water partition coefficient (Wildman–Crippen LogP) is -1.62. The Bertz CT molecular complexity index is 1880. The third-order valence-electron chi connectivity index (χ3n) is 14.2. The van der Waals surface area contributed by atoms with Crippen LogP contribution in [0, 0.1) is 0 Å². The zero-order chi connectivity index (χ0) is 77.5. The van der Waals surface area contributed by atoms with Crippen molar-refractivity contribution in [2.24, 2.45) is 0 Å². The van der Waals surface area contributed by atoms with Gasteiger partial charge in [-0.3, -0.25) is 5.32 Å². The molecule has 4 atom stereocenters. The summed E-state index contributed by atoms with van der Waals surface area (Å²) < 4.78 is 199. The predicted molar refractivity (Wildman–Crippen MR) is 302 cm³/mol. The molecule has 0 radical (unpaired) electrons. The molecule has 0 aromatic heterocycles. The van der Waals surface area contributed by atoms with Gasteiger partial charge < -0.3 is 101 Å². The Labute approximate surface area is 558 Å². The number of aliphatic hydroxyl groups is 4. The lowest BCUT2D eigenvalue weighted by atomic mass is 10.0. The standard InChI is InChI=1S/C48H99F3N6O6.5C2HF3O2/c1-4-5-6-7-8-9-10-13-16-19-22-25-30-56(37-43(35-52)54-46(2,39-58)40-59)32-27-28-33-57(38-44(36-53)55-47(3,41-60)42-61)31-26-23-20-17-14-11-12-15-18-21-24-29-34-63-45(62)48(49,50)51;5*3-2(4,5)1(6)7/h43-44,54-55,58-61H,4-42,52-53H2,1-3H3;5*(H,6,7). The van der Waals surface area contributed by atoms with Crippen molar-refractivity contribution in [2.75, 3.05) is 85.4 Å². The van der Waals surface area contributed by atoms with Crippen LogP contribution in [0.4, 0.5) is 79.0 Å². The number of ether oxygens (including phenoxy) is 1. The topological polar surface area (TPSA) is 401 Å². The highest BCUT2D eigenvalue weighted by atomic mass is 19.4. The van der Waals surface area contributed by atoms with Crippen LogP contribution in [0.3, 0.4) is 0 Å². The van der Waals surface area contributed by atoms with E-state index >= 15 is 0 Å². The van der Waals surface area contributed by atoms with Crippen LogP contribution in [0.25, 0.3) is 0 Å². The van der Waals surface area contributed by atoms with Crippen LogP contribution in [0.1, 0.15) is 188 Å². The molecule has 0 aromatic rings. The van der Waals surface area contributed by atoms with Gasteiger partial charge >= 0.3 is 43.0 Å². The first kappa shape index (κ1) is 104. The summed E-state index contributed by atoms with van der Waals surface area (Å²) in [5, 5.41) is 89.5. The maximum Gasteiger partial charge on any atom is 0.490 e. The fraction of sp³-hybridized carbons (Fsp3) is 0.897. The van der Waals surface area contributed by atoms with Crippen molar-refractivity contribution < 1.29 is 185 Å². The van der Waals surface area contributed by atoms with Gasteiger partial charge in [0.15, 0.2) is 6.04 Å². The lowest BCUT2D eigenvalue weighted by Gasteiger charge is -2.32. The zero-order valence-electron chi connectivity index (χ0n) is 55.7. The first-order chi connectivity index (χ1) is 45.0. The van der Waals surface area contributed by atoms with E-state index in [2.05, 4.69) is 33.8 Å². The monoisotopic (exact) mass is 1480 g/mol. The van der Waals surface area contributed by atoms with Crippen LogP contribution in [-0.2, 0) is 33.5 Å². The molecule has 0 saturated carbocycles. The van der Waals surface area contributed by atoms with Gasteiger partial charge in [0.1, 0.15) is 54.5 Å². The van der Waals surface area contributed by atoms with Crippen LogP contribution in [0.15, 0.2) is 0 Å². The number of nitrogens with one attached hydrogen (secondary N) is 3. The van der Waals surface area contributed by atoms with Gasteiger partial charge in [-0.15, -0.1) is 0 Å². The van der Waals surface area contributed by atoms with E-state index in [4.69, 9.17) is 49.5 Å². The van der Waals surface area contributed by atoms with Crippen LogP contribution in [-0.4, -0.2) is 202 Å². The van der Waals surface area contributed by atoms with Gasteiger partial charge in [-0.1, -0.05) is 129 Å². The van der Waals surface area contributed by atoms with Crippen molar-refractivity contribution >= 4 is 35.8 Å². The molecule has 0 saturated heterocycles. The molecule has 0 amide bonds. The molecule has 0 bridgehead atoms. The number of rotatable bonds is 47. The fourth-order valence-corrected chi connectivity index (χ4v) is 8.66. The number of halogens is 18. The Kier molecular flexibility index (Phi) is 61.4. The molecule has 0 rings (SSSR count). The van der Waals surface area contributed by atoms with Gasteiger partial charge in [0, 0.05) is 12.8 Å². The van der Waals surface area contributed by atoms with Crippen molar-refractivity contribution in [3.05, 3.63) is 0 Å². The summed E-state index contributed by atoms with van der Waals surface area (Å²) in [5.74, 6) is -17.1. The summed E-state index contributed by atoms with van der Waals surface area (Å²) in [4.78, 5) is 57.8. The maximum absolute atomic E-state index is 12.2. The van der Waals surface area contributed by atoms with Crippen LogP contribution in [0.2, 0.25) is 0 Å². The van der Waals surface area contributed by atoms with Crippen LogP contribution >= 0.6 is 0 Å². The maximum atomic E-state index is 12.2. The van der Waals surface area contributed by atoms with E-state index < -0.39 is 84.0 Å². The lowest BCUT2D eigenvalue weighted by Crippen LogP contribution is -3.18. The largest absolute Gasteiger partial charge is 0.542 e. The number of carbonyl (C=O) groups is 6. The molecule has 98 heavy (non-hydrogen) atoms. The molecule has 0 aliphatic rings. The minimum absolute atomic E-state index is 0.0692. The molecule has 0 aliphatic carbocycles. The second-order valence-electron chi connectivity index (χ2n) is 23.5. The quantitative estimate of drug-likeness (QED) is 0.0186. The molecule has 0 aliphatic heterocycles. The number of esters is 1. The minimum Gasteiger partial charge on any atom is -0.542 e. The SMILES string of the molecule is CCCCCCCCCCCCCC[NH+](CCCC[NH+](CCCCCCCCCCCCCCOC(=O)C(F)(F)F)CC(C[NH3+])NC(C)(CO)CO)CC(C[NH3+])[NH2+]C(C)(CO)CO.O=C([O-])C(F)(F)F.O=C([O-])C(F)(F)F.O=C([O-])C(F)(F)F.O=C([O-])C(F)(F)F.O=C([O-])C(F)(F)F. The van der Waals surface area contributed by atoms with Crippen molar-refractivity contribution in [1.82, 2.24) is 5.32 Å². The number of aliphatic hydroxyl groups excluding tert-OH is 4.